The van der Waals surface area contributed by atoms with E-state index in [4.69, 9.17) is 26.0 Å². The fraction of sp³-hybridized carbons (Fsp3) is 0.519. The van der Waals surface area contributed by atoms with Gasteiger partial charge in [-0.05, 0) is 68.9 Å². The van der Waals surface area contributed by atoms with Gasteiger partial charge in [0.25, 0.3) is 0 Å². The molecule has 190 valence electrons. The third-order valence-electron chi connectivity index (χ3n) is 8.12. The second-order valence-corrected chi connectivity index (χ2v) is 11.8. The highest BCUT2D eigenvalue weighted by Gasteiger charge is 2.56. The van der Waals surface area contributed by atoms with Crippen LogP contribution in [0.4, 0.5) is 0 Å². The lowest BCUT2D eigenvalue weighted by atomic mass is 9.73. The van der Waals surface area contributed by atoms with Crippen LogP contribution in [0.2, 0.25) is 5.02 Å². The minimum atomic E-state index is -1.00. The van der Waals surface area contributed by atoms with Gasteiger partial charge in [-0.1, -0.05) is 28.9 Å². The molecule has 0 amide bonds. The van der Waals surface area contributed by atoms with Crippen LogP contribution >= 0.6 is 22.9 Å². The minimum absolute atomic E-state index is 0.0170. The van der Waals surface area contributed by atoms with Crippen molar-refractivity contribution in [3.05, 3.63) is 56.2 Å². The summed E-state index contributed by atoms with van der Waals surface area (Å²) in [6, 6.07) is 5.84. The Balaban J connectivity index is 1.20. The molecule has 0 radical (unpaired) electrons. The molecule has 2 heterocycles. The SMILES string of the molecule is Cc1cccc(Cl)c1-c1noc(C2CC2)c1COC1C[C@H]2CC[C@@H](C1)C2(O)c1nc(CC(=O)O)cs1. The standard InChI is InChI=1S/C27H29ClN2O5S/c1-14-3-2-4-21(28)23(14)24-20(25(35-30-24)15-5-6-15)12-34-19-9-16-7-8-17(10-19)27(16,33)26-29-18(13-36-26)11-22(31)32/h2-4,13,15-17,19,33H,5-12H2,1H3,(H,31,32)/t16-,17+,19?,27?. The number of hydrogen-bond acceptors (Lipinski definition) is 7. The largest absolute Gasteiger partial charge is 0.481 e. The van der Waals surface area contributed by atoms with Gasteiger partial charge in [-0.15, -0.1) is 11.3 Å². The van der Waals surface area contributed by atoms with Gasteiger partial charge >= 0.3 is 5.97 Å². The summed E-state index contributed by atoms with van der Waals surface area (Å²) in [4.78, 5) is 15.6. The summed E-state index contributed by atoms with van der Waals surface area (Å²) < 4.78 is 12.3. The van der Waals surface area contributed by atoms with E-state index >= 15 is 0 Å². The Hall–Kier alpha value is -2.26. The number of aromatic nitrogens is 2. The molecule has 2 bridgehead atoms. The van der Waals surface area contributed by atoms with E-state index in [-0.39, 0.29) is 24.4 Å². The van der Waals surface area contributed by atoms with Crippen molar-refractivity contribution < 1.29 is 24.3 Å². The molecule has 2 aromatic heterocycles. The van der Waals surface area contributed by atoms with Gasteiger partial charge in [-0.3, -0.25) is 4.79 Å². The summed E-state index contributed by atoms with van der Waals surface area (Å²) in [6.45, 7) is 2.43. The first-order chi connectivity index (χ1) is 17.3. The maximum absolute atomic E-state index is 11.7. The number of aliphatic hydroxyl groups is 1. The van der Waals surface area contributed by atoms with Crippen LogP contribution < -0.4 is 0 Å². The molecule has 2 N–H and O–H groups in total. The maximum atomic E-state index is 11.7. The Kier molecular flexibility index (Phi) is 6.19. The molecule has 2 unspecified atom stereocenters. The van der Waals surface area contributed by atoms with E-state index in [1.54, 1.807) is 5.38 Å². The number of carbonyl (C=O) groups is 1. The van der Waals surface area contributed by atoms with Gasteiger partial charge in [0.05, 0.1) is 29.8 Å². The number of halogens is 1. The van der Waals surface area contributed by atoms with Crippen molar-refractivity contribution in [2.45, 2.75) is 76.1 Å². The molecule has 7 nitrogen and oxygen atoms in total. The molecule has 3 saturated carbocycles. The van der Waals surface area contributed by atoms with Crippen molar-refractivity contribution in [2.75, 3.05) is 0 Å². The Morgan fingerprint density at radius 2 is 2.00 bits per heavy atom. The summed E-state index contributed by atoms with van der Waals surface area (Å²) in [5.41, 5.74) is 3.20. The zero-order valence-electron chi connectivity index (χ0n) is 20.1. The Morgan fingerprint density at radius 1 is 1.25 bits per heavy atom. The quantitative estimate of drug-likeness (QED) is 0.377. The van der Waals surface area contributed by atoms with E-state index in [9.17, 15) is 9.90 Å². The van der Waals surface area contributed by atoms with Gasteiger partial charge in [0.2, 0.25) is 0 Å². The monoisotopic (exact) mass is 528 g/mol. The number of benzene rings is 1. The Morgan fingerprint density at radius 3 is 2.67 bits per heavy atom. The summed E-state index contributed by atoms with van der Waals surface area (Å²) in [5.74, 6) is 0.476. The molecule has 3 aliphatic carbocycles. The van der Waals surface area contributed by atoms with Crippen molar-refractivity contribution in [3.8, 4) is 11.3 Å². The molecule has 0 spiro atoms. The summed E-state index contributed by atoms with van der Waals surface area (Å²) in [5, 5.41) is 28.3. The molecule has 4 atom stereocenters. The first kappa shape index (κ1) is 24.1. The number of carboxylic acid groups (broad SMARTS) is 1. The highest BCUT2D eigenvalue weighted by molar-refractivity contribution is 7.09. The Bertz CT molecular complexity index is 1260. The lowest BCUT2D eigenvalue weighted by Gasteiger charge is -2.41. The van der Waals surface area contributed by atoms with Crippen LogP contribution in [0.1, 0.15) is 72.0 Å². The van der Waals surface area contributed by atoms with Crippen LogP contribution in [0.3, 0.4) is 0 Å². The molecular weight excluding hydrogens is 500 g/mol. The normalized spacial score (nSPS) is 27.5. The number of hydrogen-bond donors (Lipinski definition) is 2. The molecule has 9 heteroatoms. The third-order valence-corrected chi connectivity index (χ3v) is 9.47. The van der Waals surface area contributed by atoms with Crippen molar-refractivity contribution in [3.63, 3.8) is 0 Å². The molecule has 0 aliphatic heterocycles. The number of aliphatic carboxylic acids is 1. The van der Waals surface area contributed by atoms with Gasteiger partial charge in [0.15, 0.2) is 0 Å². The number of aryl methyl sites for hydroxylation is 1. The van der Waals surface area contributed by atoms with E-state index in [1.807, 2.05) is 25.1 Å². The van der Waals surface area contributed by atoms with E-state index < -0.39 is 11.6 Å². The summed E-state index contributed by atoms with van der Waals surface area (Å²) in [6.07, 6.45) is 5.41. The van der Waals surface area contributed by atoms with Crippen LogP contribution in [0.5, 0.6) is 0 Å². The van der Waals surface area contributed by atoms with Gasteiger partial charge in [-0.25, -0.2) is 4.98 Å². The van der Waals surface area contributed by atoms with Crippen molar-refractivity contribution in [1.29, 1.82) is 0 Å². The average Bonchev–Trinajstić information content (AvgIpc) is 3.40. The zero-order chi connectivity index (χ0) is 25.0. The van der Waals surface area contributed by atoms with E-state index in [2.05, 4.69) is 10.1 Å². The maximum Gasteiger partial charge on any atom is 0.309 e. The predicted molar refractivity (Wildman–Crippen MR) is 135 cm³/mol. The predicted octanol–water partition coefficient (Wildman–Crippen LogP) is 5.86. The first-order valence-corrected chi connectivity index (χ1v) is 13.8. The van der Waals surface area contributed by atoms with Crippen LogP contribution in [0.25, 0.3) is 11.3 Å². The van der Waals surface area contributed by atoms with Crippen LogP contribution in [0, 0.1) is 18.8 Å². The molecule has 3 fully saturated rings. The number of fused-ring (bicyclic) bond motifs is 2. The van der Waals surface area contributed by atoms with Gasteiger partial charge in [-0.2, -0.15) is 0 Å². The second kappa shape index (κ2) is 9.24. The highest BCUT2D eigenvalue weighted by Crippen LogP contribution is 2.56. The first-order valence-electron chi connectivity index (χ1n) is 12.6. The van der Waals surface area contributed by atoms with Crippen LogP contribution in [0.15, 0.2) is 28.1 Å². The highest BCUT2D eigenvalue weighted by atomic mass is 35.5. The zero-order valence-corrected chi connectivity index (χ0v) is 21.6. The third kappa shape index (κ3) is 4.18. The number of thiazole rings is 1. The van der Waals surface area contributed by atoms with Gasteiger partial charge < -0.3 is 19.5 Å². The number of carboxylic acids is 1. The lowest BCUT2D eigenvalue weighted by molar-refractivity contribution is -0.136. The smallest absolute Gasteiger partial charge is 0.309 e. The van der Waals surface area contributed by atoms with E-state index in [0.29, 0.717) is 28.2 Å². The molecule has 0 saturated heterocycles. The number of nitrogens with zero attached hydrogens (tertiary/aromatic N) is 2. The topological polar surface area (TPSA) is 106 Å². The molecule has 3 aliphatic rings. The van der Waals surface area contributed by atoms with Crippen molar-refractivity contribution in [1.82, 2.24) is 10.1 Å². The fourth-order valence-electron chi connectivity index (χ4n) is 6.17. The van der Waals surface area contributed by atoms with E-state index in [1.165, 1.54) is 11.3 Å². The minimum Gasteiger partial charge on any atom is -0.481 e. The summed E-state index contributed by atoms with van der Waals surface area (Å²) in [7, 11) is 0. The van der Waals surface area contributed by atoms with Crippen molar-refractivity contribution in [2.24, 2.45) is 11.8 Å². The summed E-state index contributed by atoms with van der Waals surface area (Å²) >= 11 is 7.94. The average molecular weight is 529 g/mol. The van der Waals surface area contributed by atoms with Gasteiger partial charge in [0, 0.05) is 22.4 Å². The molecule has 1 aromatic carbocycles. The molecule has 36 heavy (non-hydrogen) atoms. The Labute approximate surface area is 218 Å². The number of ether oxygens (including phenoxy) is 1. The van der Waals surface area contributed by atoms with Crippen LogP contribution in [-0.2, 0) is 28.2 Å². The molecule has 3 aromatic rings. The second-order valence-electron chi connectivity index (χ2n) is 10.5. The fourth-order valence-corrected chi connectivity index (χ4v) is 7.56. The number of rotatable bonds is 8. The van der Waals surface area contributed by atoms with Crippen LogP contribution in [-0.4, -0.2) is 32.4 Å². The van der Waals surface area contributed by atoms with Crippen molar-refractivity contribution >= 4 is 28.9 Å². The molecule has 6 rings (SSSR count). The van der Waals surface area contributed by atoms with Gasteiger partial charge in [0.1, 0.15) is 22.1 Å². The lowest BCUT2D eigenvalue weighted by Crippen LogP contribution is -2.44. The molecular formula is C27H29ClN2O5S. The van der Waals surface area contributed by atoms with E-state index in [0.717, 1.165) is 66.7 Å².